The molecule has 2 heterocycles. The molecular formula is C13H15N3. The molecule has 0 aliphatic carbocycles. The first-order valence-corrected chi connectivity index (χ1v) is 5.74. The van der Waals surface area contributed by atoms with Crippen molar-refractivity contribution in [3.8, 4) is 0 Å². The smallest absolute Gasteiger partial charge is 0.134 e. The first-order valence-electron chi connectivity index (χ1n) is 5.74. The van der Waals surface area contributed by atoms with Crippen molar-refractivity contribution >= 4 is 16.6 Å². The lowest BCUT2D eigenvalue weighted by Crippen LogP contribution is -2.22. The number of hydrogen-bond donors (Lipinski definition) is 2. The molecule has 0 spiro atoms. The van der Waals surface area contributed by atoms with Gasteiger partial charge in [-0.3, -0.25) is 0 Å². The molecule has 82 valence electrons. The molecule has 1 saturated heterocycles. The van der Waals surface area contributed by atoms with Gasteiger partial charge in [0.1, 0.15) is 5.82 Å². The lowest BCUT2D eigenvalue weighted by atomic mass is 10.1. The van der Waals surface area contributed by atoms with Crippen LogP contribution in [-0.4, -0.2) is 24.1 Å². The Labute approximate surface area is 94.9 Å². The molecule has 1 unspecified atom stereocenters. The normalized spacial score (nSPS) is 20.1. The van der Waals surface area contributed by atoms with Crippen molar-refractivity contribution in [3.63, 3.8) is 0 Å². The van der Waals surface area contributed by atoms with Crippen molar-refractivity contribution in [1.29, 1.82) is 0 Å². The van der Waals surface area contributed by atoms with Gasteiger partial charge in [-0.15, -0.1) is 0 Å². The van der Waals surface area contributed by atoms with E-state index in [0.717, 1.165) is 18.9 Å². The van der Waals surface area contributed by atoms with Crippen LogP contribution in [-0.2, 0) is 0 Å². The zero-order valence-corrected chi connectivity index (χ0v) is 9.11. The van der Waals surface area contributed by atoms with E-state index < -0.39 is 0 Å². The van der Waals surface area contributed by atoms with Crippen molar-refractivity contribution in [1.82, 2.24) is 10.3 Å². The van der Waals surface area contributed by atoms with E-state index in [0.29, 0.717) is 6.04 Å². The van der Waals surface area contributed by atoms with Crippen molar-refractivity contribution in [2.75, 3.05) is 18.4 Å². The average Bonchev–Trinajstić information content (AvgIpc) is 2.82. The molecular weight excluding hydrogens is 198 g/mol. The summed E-state index contributed by atoms with van der Waals surface area (Å²) in [5.74, 6) is 1.01. The maximum Gasteiger partial charge on any atom is 0.134 e. The number of rotatable bonds is 2. The second-order valence-electron chi connectivity index (χ2n) is 4.21. The predicted octanol–water partition coefficient (Wildman–Crippen LogP) is 2.01. The molecule has 0 amide bonds. The molecule has 16 heavy (non-hydrogen) atoms. The van der Waals surface area contributed by atoms with E-state index >= 15 is 0 Å². The van der Waals surface area contributed by atoms with Crippen molar-refractivity contribution in [3.05, 3.63) is 36.5 Å². The molecule has 0 radical (unpaired) electrons. The minimum atomic E-state index is 0.512. The summed E-state index contributed by atoms with van der Waals surface area (Å²) in [6, 6.07) is 10.9. The Balaban J connectivity index is 1.96. The third kappa shape index (κ3) is 1.74. The second-order valence-corrected chi connectivity index (χ2v) is 4.21. The van der Waals surface area contributed by atoms with E-state index in [1.54, 1.807) is 0 Å². The summed E-state index contributed by atoms with van der Waals surface area (Å²) in [7, 11) is 0. The van der Waals surface area contributed by atoms with Crippen LogP contribution in [0.2, 0.25) is 0 Å². The second kappa shape index (κ2) is 4.10. The van der Waals surface area contributed by atoms with Gasteiger partial charge in [0.25, 0.3) is 0 Å². The van der Waals surface area contributed by atoms with Crippen LogP contribution >= 0.6 is 0 Å². The Morgan fingerprint density at radius 1 is 1.25 bits per heavy atom. The maximum absolute atomic E-state index is 4.43. The van der Waals surface area contributed by atoms with Crippen LogP contribution in [0.25, 0.3) is 10.8 Å². The summed E-state index contributed by atoms with van der Waals surface area (Å²) >= 11 is 0. The fraction of sp³-hybridized carbons (Fsp3) is 0.308. The van der Waals surface area contributed by atoms with Gasteiger partial charge in [0.15, 0.2) is 0 Å². The van der Waals surface area contributed by atoms with Crippen molar-refractivity contribution in [2.45, 2.75) is 12.5 Å². The predicted molar refractivity (Wildman–Crippen MR) is 66.6 cm³/mol. The SMILES string of the molecule is c1ccc2c(NC3CCNC3)nccc2c1. The Morgan fingerprint density at radius 2 is 2.19 bits per heavy atom. The Bertz CT molecular complexity index is 484. The number of nitrogens with one attached hydrogen (secondary N) is 2. The molecule has 1 atom stereocenters. The lowest BCUT2D eigenvalue weighted by Gasteiger charge is -2.13. The first kappa shape index (κ1) is 9.60. The maximum atomic E-state index is 4.43. The summed E-state index contributed by atoms with van der Waals surface area (Å²) in [5.41, 5.74) is 0. The summed E-state index contributed by atoms with van der Waals surface area (Å²) in [4.78, 5) is 4.43. The van der Waals surface area contributed by atoms with Crippen LogP contribution in [0.15, 0.2) is 36.5 Å². The van der Waals surface area contributed by atoms with Gasteiger partial charge in [-0.1, -0.05) is 24.3 Å². The van der Waals surface area contributed by atoms with Gasteiger partial charge in [-0.2, -0.15) is 0 Å². The van der Waals surface area contributed by atoms with Crippen LogP contribution in [0.1, 0.15) is 6.42 Å². The van der Waals surface area contributed by atoms with E-state index in [9.17, 15) is 0 Å². The highest BCUT2D eigenvalue weighted by atomic mass is 15.1. The summed E-state index contributed by atoms with van der Waals surface area (Å²) in [6.07, 6.45) is 3.04. The Hall–Kier alpha value is -1.61. The van der Waals surface area contributed by atoms with Crippen LogP contribution in [0.4, 0.5) is 5.82 Å². The fourth-order valence-electron chi connectivity index (χ4n) is 2.21. The monoisotopic (exact) mass is 213 g/mol. The highest BCUT2D eigenvalue weighted by Gasteiger charge is 2.15. The average molecular weight is 213 g/mol. The number of pyridine rings is 1. The summed E-state index contributed by atoms with van der Waals surface area (Å²) in [5, 5.41) is 9.31. The highest BCUT2D eigenvalue weighted by molar-refractivity contribution is 5.91. The van der Waals surface area contributed by atoms with Gasteiger partial charge in [-0.25, -0.2) is 4.98 Å². The van der Waals surface area contributed by atoms with Gasteiger partial charge >= 0.3 is 0 Å². The molecule has 1 aliphatic rings. The number of benzene rings is 1. The number of fused-ring (bicyclic) bond motifs is 1. The Kier molecular flexibility index (Phi) is 2.46. The molecule has 1 aromatic carbocycles. The number of nitrogens with zero attached hydrogens (tertiary/aromatic N) is 1. The molecule has 1 aliphatic heterocycles. The molecule has 1 aromatic heterocycles. The van der Waals surface area contributed by atoms with Gasteiger partial charge < -0.3 is 10.6 Å². The standard InChI is InChI=1S/C13H15N3/c1-2-4-12-10(3-1)5-8-15-13(12)16-11-6-7-14-9-11/h1-5,8,11,14H,6-7,9H2,(H,15,16). The Morgan fingerprint density at radius 3 is 3.06 bits per heavy atom. The van der Waals surface area contributed by atoms with E-state index in [-0.39, 0.29) is 0 Å². The summed E-state index contributed by atoms with van der Waals surface area (Å²) < 4.78 is 0. The van der Waals surface area contributed by atoms with Gasteiger partial charge in [-0.05, 0) is 24.4 Å². The third-order valence-corrected chi connectivity index (χ3v) is 3.07. The minimum absolute atomic E-state index is 0.512. The van der Waals surface area contributed by atoms with Gasteiger partial charge in [0.2, 0.25) is 0 Å². The fourth-order valence-corrected chi connectivity index (χ4v) is 2.21. The molecule has 1 fully saturated rings. The summed E-state index contributed by atoms with van der Waals surface area (Å²) in [6.45, 7) is 2.13. The van der Waals surface area contributed by atoms with E-state index in [1.807, 2.05) is 12.3 Å². The van der Waals surface area contributed by atoms with Crippen molar-refractivity contribution < 1.29 is 0 Å². The highest BCUT2D eigenvalue weighted by Crippen LogP contribution is 2.21. The van der Waals surface area contributed by atoms with Crippen LogP contribution in [0.5, 0.6) is 0 Å². The molecule has 3 nitrogen and oxygen atoms in total. The zero-order chi connectivity index (χ0) is 10.8. The quantitative estimate of drug-likeness (QED) is 0.801. The molecule has 2 N–H and O–H groups in total. The third-order valence-electron chi connectivity index (χ3n) is 3.07. The number of hydrogen-bond acceptors (Lipinski definition) is 3. The zero-order valence-electron chi connectivity index (χ0n) is 9.11. The molecule has 0 saturated carbocycles. The number of anilines is 1. The topological polar surface area (TPSA) is 37.0 Å². The lowest BCUT2D eigenvalue weighted by molar-refractivity contribution is 0.789. The van der Waals surface area contributed by atoms with E-state index in [4.69, 9.17) is 0 Å². The first-order chi connectivity index (χ1) is 7.93. The van der Waals surface area contributed by atoms with Crippen molar-refractivity contribution in [2.24, 2.45) is 0 Å². The molecule has 3 rings (SSSR count). The number of aromatic nitrogens is 1. The largest absolute Gasteiger partial charge is 0.365 e. The van der Waals surface area contributed by atoms with Gasteiger partial charge in [0, 0.05) is 24.2 Å². The minimum Gasteiger partial charge on any atom is -0.365 e. The van der Waals surface area contributed by atoms with Crippen LogP contribution < -0.4 is 10.6 Å². The van der Waals surface area contributed by atoms with Crippen LogP contribution in [0.3, 0.4) is 0 Å². The molecule has 2 aromatic rings. The van der Waals surface area contributed by atoms with E-state index in [2.05, 4.69) is 39.9 Å². The van der Waals surface area contributed by atoms with E-state index in [1.165, 1.54) is 17.2 Å². The van der Waals surface area contributed by atoms with Crippen LogP contribution in [0, 0.1) is 0 Å². The molecule has 0 bridgehead atoms. The van der Waals surface area contributed by atoms with Gasteiger partial charge in [0.05, 0.1) is 0 Å². The molecule has 3 heteroatoms.